The molecule has 1 N–H and O–H groups in total. The van der Waals surface area contributed by atoms with Crippen LogP contribution in [0, 0.1) is 10.1 Å². The number of nitrogens with zero attached hydrogens (tertiary/aromatic N) is 1. The molecule has 0 aliphatic carbocycles. The first-order valence-electron chi connectivity index (χ1n) is 7.15. The van der Waals surface area contributed by atoms with Crippen LogP contribution >= 0.6 is 11.6 Å². The summed E-state index contributed by atoms with van der Waals surface area (Å²) in [7, 11) is 0. The first kappa shape index (κ1) is 16.1. The fourth-order valence-electron chi connectivity index (χ4n) is 2.27. The molecule has 0 fully saturated rings. The Kier molecular flexibility index (Phi) is 4.52. The van der Waals surface area contributed by atoms with E-state index in [0.29, 0.717) is 18.1 Å². The molecule has 0 saturated heterocycles. The van der Waals surface area contributed by atoms with Crippen molar-refractivity contribution in [1.29, 1.82) is 0 Å². The minimum absolute atomic E-state index is 0.0212. The maximum Gasteiger partial charge on any atom is 0.270 e. The Hall–Kier alpha value is -2.80. The Balaban J connectivity index is 1.61. The van der Waals surface area contributed by atoms with Crippen molar-refractivity contribution in [3.63, 3.8) is 0 Å². The van der Waals surface area contributed by atoms with Crippen LogP contribution in [0.2, 0.25) is 5.02 Å². The number of ether oxygens (including phenoxy) is 2. The van der Waals surface area contributed by atoms with Crippen LogP contribution in [0.25, 0.3) is 0 Å². The van der Waals surface area contributed by atoms with Crippen molar-refractivity contribution in [3.05, 3.63) is 63.2 Å². The molecule has 8 heteroatoms. The van der Waals surface area contributed by atoms with Gasteiger partial charge in [-0.15, -0.1) is 0 Å². The molecule has 1 amide bonds. The van der Waals surface area contributed by atoms with E-state index in [2.05, 4.69) is 5.32 Å². The molecule has 1 atom stereocenters. The standard InChI is InChI=1S/C16H13ClN2O5/c17-13-7-10(19(21)22)5-6-12(13)16(20)18-8-11-9-23-14-3-1-2-4-15(14)24-11/h1-7,11H,8-9H2,(H,18,20)/t11-/m0/s1. The fourth-order valence-corrected chi connectivity index (χ4v) is 2.53. The topological polar surface area (TPSA) is 90.7 Å². The molecule has 0 aromatic heterocycles. The number of nitro benzene ring substituents is 1. The SMILES string of the molecule is O=C(NC[C@H]1COc2ccccc2O1)c1ccc([N+](=O)[O-])cc1Cl. The lowest BCUT2D eigenvalue weighted by Gasteiger charge is -2.26. The Bertz CT molecular complexity index is 796. The molecule has 1 heterocycles. The Labute approximate surface area is 142 Å². The molecule has 0 radical (unpaired) electrons. The van der Waals surface area contributed by atoms with Crippen LogP contribution in [0.3, 0.4) is 0 Å². The lowest BCUT2D eigenvalue weighted by Crippen LogP contribution is -2.40. The molecular weight excluding hydrogens is 336 g/mol. The van der Waals surface area contributed by atoms with Crippen LogP contribution in [0.1, 0.15) is 10.4 Å². The van der Waals surface area contributed by atoms with Crippen LogP contribution in [0.5, 0.6) is 11.5 Å². The molecule has 1 aliphatic heterocycles. The largest absolute Gasteiger partial charge is 0.486 e. The molecule has 2 aromatic rings. The summed E-state index contributed by atoms with van der Waals surface area (Å²) in [5.74, 6) is 0.854. The second-order valence-corrected chi connectivity index (χ2v) is 5.54. The average Bonchev–Trinajstić information content (AvgIpc) is 2.59. The fraction of sp³-hybridized carbons (Fsp3) is 0.188. The molecule has 0 bridgehead atoms. The molecule has 0 unspecified atom stereocenters. The van der Waals surface area contributed by atoms with Gasteiger partial charge in [-0.2, -0.15) is 0 Å². The molecular formula is C16H13ClN2O5. The van der Waals surface area contributed by atoms with Gasteiger partial charge in [0.1, 0.15) is 12.7 Å². The molecule has 1 aliphatic rings. The van der Waals surface area contributed by atoms with Crippen LogP contribution in [0.15, 0.2) is 42.5 Å². The third kappa shape index (κ3) is 3.41. The lowest BCUT2D eigenvalue weighted by molar-refractivity contribution is -0.384. The van der Waals surface area contributed by atoms with E-state index in [0.717, 1.165) is 6.07 Å². The third-order valence-electron chi connectivity index (χ3n) is 3.47. The summed E-state index contributed by atoms with van der Waals surface area (Å²) in [6, 6.07) is 11.0. The zero-order valence-electron chi connectivity index (χ0n) is 12.4. The zero-order chi connectivity index (χ0) is 17.1. The Morgan fingerprint density at radius 1 is 1.29 bits per heavy atom. The smallest absolute Gasteiger partial charge is 0.270 e. The highest BCUT2D eigenvalue weighted by atomic mass is 35.5. The number of non-ortho nitro benzene ring substituents is 1. The minimum Gasteiger partial charge on any atom is -0.486 e. The molecule has 24 heavy (non-hydrogen) atoms. The third-order valence-corrected chi connectivity index (χ3v) is 3.78. The van der Waals surface area contributed by atoms with Crippen molar-refractivity contribution in [2.45, 2.75) is 6.10 Å². The van der Waals surface area contributed by atoms with Gasteiger partial charge in [0.15, 0.2) is 11.5 Å². The monoisotopic (exact) mass is 348 g/mol. The van der Waals surface area contributed by atoms with Crippen molar-refractivity contribution < 1.29 is 19.2 Å². The van der Waals surface area contributed by atoms with Gasteiger partial charge in [-0.1, -0.05) is 23.7 Å². The number of hydrogen-bond acceptors (Lipinski definition) is 5. The summed E-state index contributed by atoms with van der Waals surface area (Å²) in [6.07, 6.45) is -0.333. The second kappa shape index (κ2) is 6.76. The van der Waals surface area contributed by atoms with E-state index in [-0.39, 0.29) is 28.9 Å². The first-order valence-corrected chi connectivity index (χ1v) is 7.53. The van der Waals surface area contributed by atoms with Crippen molar-refractivity contribution in [2.75, 3.05) is 13.2 Å². The minimum atomic E-state index is -0.571. The number of carbonyl (C=O) groups excluding carboxylic acids is 1. The number of benzene rings is 2. The molecule has 0 spiro atoms. The highest BCUT2D eigenvalue weighted by Gasteiger charge is 2.22. The number of halogens is 1. The van der Waals surface area contributed by atoms with Gasteiger partial charge in [0.25, 0.3) is 11.6 Å². The number of nitro groups is 1. The number of amides is 1. The summed E-state index contributed by atoms with van der Waals surface area (Å²) >= 11 is 5.94. The van der Waals surface area contributed by atoms with Crippen molar-refractivity contribution in [3.8, 4) is 11.5 Å². The number of para-hydroxylation sites is 2. The maximum atomic E-state index is 12.2. The maximum absolute atomic E-state index is 12.2. The van der Waals surface area contributed by atoms with E-state index in [1.165, 1.54) is 12.1 Å². The summed E-state index contributed by atoms with van der Waals surface area (Å²) in [5.41, 5.74) is -0.00318. The van der Waals surface area contributed by atoms with Gasteiger partial charge in [-0.25, -0.2) is 0 Å². The zero-order valence-corrected chi connectivity index (χ0v) is 13.2. The summed E-state index contributed by atoms with van der Waals surface area (Å²) in [6.45, 7) is 0.534. The molecule has 3 rings (SSSR count). The van der Waals surface area contributed by atoms with Crippen LogP contribution < -0.4 is 14.8 Å². The van der Waals surface area contributed by atoms with Crippen LogP contribution in [0.4, 0.5) is 5.69 Å². The Morgan fingerprint density at radius 2 is 2.04 bits per heavy atom. The van der Waals surface area contributed by atoms with E-state index in [1.807, 2.05) is 12.1 Å². The summed E-state index contributed by atoms with van der Waals surface area (Å²) < 4.78 is 11.3. The average molecular weight is 349 g/mol. The highest BCUT2D eigenvalue weighted by molar-refractivity contribution is 6.34. The predicted molar refractivity (Wildman–Crippen MR) is 86.8 cm³/mol. The van der Waals surface area contributed by atoms with Crippen molar-refractivity contribution in [2.24, 2.45) is 0 Å². The van der Waals surface area contributed by atoms with Gasteiger partial charge < -0.3 is 14.8 Å². The number of carbonyl (C=O) groups is 1. The number of fused-ring (bicyclic) bond motifs is 1. The molecule has 2 aromatic carbocycles. The quantitative estimate of drug-likeness (QED) is 0.677. The lowest BCUT2D eigenvalue weighted by atomic mass is 10.2. The van der Waals surface area contributed by atoms with Gasteiger partial charge in [0.05, 0.1) is 22.1 Å². The van der Waals surface area contributed by atoms with Gasteiger partial charge in [0.2, 0.25) is 0 Å². The van der Waals surface area contributed by atoms with E-state index in [1.54, 1.807) is 12.1 Å². The second-order valence-electron chi connectivity index (χ2n) is 5.13. The van der Waals surface area contributed by atoms with Crippen molar-refractivity contribution >= 4 is 23.2 Å². The van der Waals surface area contributed by atoms with Gasteiger partial charge in [-0.05, 0) is 18.2 Å². The normalized spacial score (nSPS) is 15.6. The van der Waals surface area contributed by atoms with E-state index < -0.39 is 10.8 Å². The predicted octanol–water partition coefficient (Wildman–Crippen LogP) is 2.82. The first-order chi connectivity index (χ1) is 11.5. The summed E-state index contributed by atoms with van der Waals surface area (Å²) in [5, 5.41) is 13.4. The molecule has 124 valence electrons. The van der Waals surface area contributed by atoms with Crippen LogP contribution in [-0.2, 0) is 0 Å². The van der Waals surface area contributed by atoms with Gasteiger partial charge in [0, 0.05) is 12.1 Å². The van der Waals surface area contributed by atoms with E-state index in [4.69, 9.17) is 21.1 Å². The van der Waals surface area contributed by atoms with E-state index in [9.17, 15) is 14.9 Å². The van der Waals surface area contributed by atoms with Gasteiger partial charge >= 0.3 is 0 Å². The Morgan fingerprint density at radius 3 is 2.75 bits per heavy atom. The van der Waals surface area contributed by atoms with Crippen molar-refractivity contribution in [1.82, 2.24) is 5.32 Å². The number of rotatable bonds is 4. The number of hydrogen-bond donors (Lipinski definition) is 1. The molecule has 0 saturated carbocycles. The summed E-state index contributed by atoms with van der Waals surface area (Å²) in [4.78, 5) is 22.3. The highest BCUT2D eigenvalue weighted by Crippen LogP contribution is 2.30. The molecule has 7 nitrogen and oxygen atoms in total. The van der Waals surface area contributed by atoms with Crippen LogP contribution in [-0.4, -0.2) is 30.1 Å². The van der Waals surface area contributed by atoms with E-state index >= 15 is 0 Å². The number of nitrogens with one attached hydrogen (secondary N) is 1. The van der Waals surface area contributed by atoms with Gasteiger partial charge in [-0.3, -0.25) is 14.9 Å².